The van der Waals surface area contributed by atoms with Crippen LogP contribution in [0.1, 0.15) is 12.8 Å². The number of nitro benzene ring substituents is 1. The van der Waals surface area contributed by atoms with E-state index in [2.05, 4.69) is 0 Å². The number of nitrogens with two attached hydrogens (primary N) is 1. The summed E-state index contributed by atoms with van der Waals surface area (Å²) in [5, 5.41) is 11.3. The summed E-state index contributed by atoms with van der Waals surface area (Å²) in [7, 11) is -3.99. The summed E-state index contributed by atoms with van der Waals surface area (Å²) in [6.07, 6.45) is 1.05. The number of benzene rings is 1. The van der Waals surface area contributed by atoms with Gasteiger partial charge in [0.05, 0.1) is 11.0 Å². The average Bonchev–Trinajstić information content (AvgIpc) is 2.54. The minimum Gasteiger partial charge on any atom is -0.486 e. The SMILES string of the molecule is Cl.NC1CCN(S(=O)(=O)c2cc3c(cc2[N+](=O)[O-])OCCO3)CC1. The summed E-state index contributed by atoms with van der Waals surface area (Å²) >= 11 is 0. The number of rotatable bonds is 3. The van der Waals surface area contributed by atoms with Crippen molar-refractivity contribution in [2.24, 2.45) is 5.73 Å². The first-order chi connectivity index (χ1) is 10.9. The van der Waals surface area contributed by atoms with E-state index in [0.717, 1.165) is 6.07 Å². The van der Waals surface area contributed by atoms with E-state index in [9.17, 15) is 18.5 Å². The lowest BCUT2D eigenvalue weighted by Crippen LogP contribution is -2.42. The number of halogens is 1. The zero-order chi connectivity index (χ0) is 16.6. The van der Waals surface area contributed by atoms with Crippen molar-refractivity contribution in [1.82, 2.24) is 4.31 Å². The second-order valence-electron chi connectivity index (χ2n) is 5.46. The zero-order valence-corrected chi connectivity index (χ0v) is 14.3. The van der Waals surface area contributed by atoms with Gasteiger partial charge >= 0.3 is 0 Å². The smallest absolute Gasteiger partial charge is 0.293 e. The molecule has 1 fully saturated rings. The van der Waals surface area contributed by atoms with Gasteiger partial charge in [0, 0.05) is 25.2 Å². The van der Waals surface area contributed by atoms with E-state index in [-0.39, 0.29) is 61.1 Å². The van der Waals surface area contributed by atoms with Crippen LogP contribution >= 0.6 is 12.4 Å². The molecule has 11 heteroatoms. The van der Waals surface area contributed by atoms with Crippen LogP contribution in [-0.2, 0) is 10.0 Å². The van der Waals surface area contributed by atoms with Crippen LogP contribution in [0.2, 0.25) is 0 Å². The van der Waals surface area contributed by atoms with Crippen molar-refractivity contribution in [3.8, 4) is 11.5 Å². The first-order valence-corrected chi connectivity index (χ1v) is 8.67. The van der Waals surface area contributed by atoms with E-state index >= 15 is 0 Å². The fourth-order valence-electron chi connectivity index (χ4n) is 2.66. The first-order valence-electron chi connectivity index (χ1n) is 7.23. The molecule has 0 bridgehead atoms. The number of ether oxygens (including phenoxy) is 2. The Morgan fingerprint density at radius 1 is 1.17 bits per heavy atom. The summed E-state index contributed by atoms with van der Waals surface area (Å²) in [6.45, 7) is 1.02. The van der Waals surface area contributed by atoms with Gasteiger partial charge in [-0.15, -0.1) is 12.4 Å². The molecule has 0 unspecified atom stereocenters. The van der Waals surface area contributed by atoms with Gasteiger partial charge in [0.1, 0.15) is 13.2 Å². The predicted octanol–water partition coefficient (Wildman–Crippen LogP) is 0.900. The number of nitrogens with zero attached hydrogens (tertiary/aromatic N) is 2. The maximum absolute atomic E-state index is 12.8. The Labute approximate surface area is 145 Å². The van der Waals surface area contributed by atoms with Crippen LogP contribution in [0.5, 0.6) is 11.5 Å². The van der Waals surface area contributed by atoms with E-state index in [1.54, 1.807) is 0 Å². The maximum atomic E-state index is 12.8. The highest BCUT2D eigenvalue weighted by Crippen LogP contribution is 2.39. The number of sulfonamides is 1. The monoisotopic (exact) mass is 379 g/mol. The van der Waals surface area contributed by atoms with Crippen molar-refractivity contribution in [2.75, 3.05) is 26.3 Å². The van der Waals surface area contributed by atoms with Crippen LogP contribution in [0.15, 0.2) is 17.0 Å². The van der Waals surface area contributed by atoms with Crippen LogP contribution < -0.4 is 15.2 Å². The Morgan fingerprint density at radius 2 is 1.71 bits per heavy atom. The summed E-state index contributed by atoms with van der Waals surface area (Å²) in [6, 6.07) is 2.24. The maximum Gasteiger partial charge on any atom is 0.293 e. The minimum absolute atomic E-state index is 0. The molecule has 0 radical (unpaired) electrons. The lowest BCUT2D eigenvalue weighted by atomic mass is 10.1. The fourth-order valence-corrected chi connectivity index (χ4v) is 4.29. The second kappa shape index (κ2) is 7.09. The molecule has 0 saturated carbocycles. The van der Waals surface area contributed by atoms with Crippen molar-refractivity contribution in [3.05, 3.63) is 22.2 Å². The van der Waals surface area contributed by atoms with Crippen molar-refractivity contribution in [2.45, 2.75) is 23.8 Å². The molecule has 1 aromatic rings. The van der Waals surface area contributed by atoms with E-state index in [0.29, 0.717) is 12.8 Å². The third kappa shape index (κ3) is 3.41. The van der Waals surface area contributed by atoms with Gasteiger partial charge in [0.15, 0.2) is 16.4 Å². The molecular weight excluding hydrogens is 362 g/mol. The predicted molar refractivity (Wildman–Crippen MR) is 87.3 cm³/mol. The van der Waals surface area contributed by atoms with Gasteiger partial charge in [0.25, 0.3) is 5.69 Å². The molecule has 0 aliphatic carbocycles. The van der Waals surface area contributed by atoms with Crippen LogP contribution in [0.4, 0.5) is 5.69 Å². The van der Waals surface area contributed by atoms with E-state index < -0.39 is 20.6 Å². The fraction of sp³-hybridized carbons (Fsp3) is 0.538. The molecular formula is C13H18ClN3O6S. The first kappa shape index (κ1) is 18.7. The normalized spacial score (nSPS) is 18.7. The molecule has 0 atom stereocenters. The van der Waals surface area contributed by atoms with Crippen molar-refractivity contribution >= 4 is 28.1 Å². The topological polar surface area (TPSA) is 125 Å². The van der Waals surface area contributed by atoms with E-state index in [1.165, 1.54) is 10.4 Å². The number of piperidine rings is 1. The van der Waals surface area contributed by atoms with E-state index in [1.807, 2.05) is 0 Å². The molecule has 1 saturated heterocycles. The third-order valence-electron chi connectivity index (χ3n) is 3.94. The number of nitro groups is 1. The van der Waals surface area contributed by atoms with Gasteiger partial charge in [-0.2, -0.15) is 4.31 Å². The van der Waals surface area contributed by atoms with Crippen molar-refractivity contribution < 1.29 is 22.8 Å². The van der Waals surface area contributed by atoms with Gasteiger partial charge in [-0.1, -0.05) is 0 Å². The Bertz CT molecular complexity index is 733. The molecule has 24 heavy (non-hydrogen) atoms. The van der Waals surface area contributed by atoms with Crippen LogP contribution in [-0.4, -0.2) is 50.0 Å². The van der Waals surface area contributed by atoms with Gasteiger partial charge in [0.2, 0.25) is 10.0 Å². The third-order valence-corrected chi connectivity index (χ3v) is 5.86. The van der Waals surface area contributed by atoms with Crippen molar-refractivity contribution in [1.29, 1.82) is 0 Å². The molecule has 2 aliphatic rings. The molecule has 2 heterocycles. The largest absolute Gasteiger partial charge is 0.486 e. The highest BCUT2D eigenvalue weighted by atomic mass is 35.5. The number of fused-ring (bicyclic) bond motifs is 1. The van der Waals surface area contributed by atoms with E-state index in [4.69, 9.17) is 15.2 Å². The number of hydrogen-bond donors (Lipinski definition) is 1. The highest BCUT2D eigenvalue weighted by molar-refractivity contribution is 7.89. The van der Waals surface area contributed by atoms with Gasteiger partial charge in [-0.05, 0) is 12.8 Å². The zero-order valence-electron chi connectivity index (χ0n) is 12.7. The summed E-state index contributed by atoms with van der Waals surface area (Å²) in [5.74, 6) is 0.386. The van der Waals surface area contributed by atoms with Crippen LogP contribution in [0, 0.1) is 10.1 Å². The number of hydrogen-bond acceptors (Lipinski definition) is 7. The Hall–Kier alpha value is -1.62. The molecule has 2 aliphatic heterocycles. The summed E-state index contributed by atoms with van der Waals surface area (Å²) < 4.78 is 37.4. The summed E-state index contributed by atoms with van der Waals surface area (Å²) in [4.78, 5) is 10.2. The van der Waals surface area contributed by atoms with Gasteiger partial charge in [-0.3, -0.25) is 10.1 Å². The molecule has 0 spiro atoms. The second-order valence-corrected chi connectivity index (χ2v) is 7.37. The van der Waals surface area contributed by atoms with Crippen molar-refractivity contribution in [3.63, 3.8) is 0 Å². The van der Waals surface area contributed by atoms with Gasteiger partial charge < -0.3 is 15.2 Å². The lowest BCUT2D eigenvalue weighted by molar-refractivity contribution is -0.388. The molecule has 2 N–H and O–H groups in total. The molecule has 0 aromatic heterocycles. The molecule has 3 rings (SSSR count). The Kier molecular flexibility index (Phi) is 5.53. The minimum atomic E-state index is -3.99. The van der Waals surface area contributed by atoms with Crippen LogP contribution in [0.3, 0.4) is 0 Å². The standard InChI is InChI=1S/C13H17N3O6S.ClH/c14-9-1-3-15(4-2-9)23(19,20)13-8-12-11(21-5-6-22-12)7-10(13)16(17)18;/h7-9H,1-6,14H2;1H. The molecule has 9 nitrogen and oxygen atoms in total. The Balaban J connectivity index is 0.00000208. The summed E-state index contributed by atoms with van der Waals surface area (Å²) in [5.41, 5.74) is 5.27. The molecule has 0 amide bonds. The Morgan fingerprint density at radius 3 is 2.25 bits per heavy atom. The van der Waals surface area contributed by atoms with Gasteiger partial charge in [-0.25, -0.2) is 8.42 Å². The molecule has 134 valence electrons. The quantitative estimate of drug-likeness (QED) is 0.610. The highest BCUT2D eigenvalue weighted by Gasteiger charge is 2.35. The molecule has 1 aromatic carbocycles. The lowest BCUT2D eigenvalue weighted by Gasteiger charge is -2.29. The van der Waals surface area contributed by atoms with Crippen LogP contribution in [0.25, 0.3) is 0 Å². The average molecular weight is 380 g/mol.